The average molecular weight is 290 g/mol. The summed E-state index contributed by atoms with van der Waals surface area (Å²) in [6.07, 6.45) is 1.89. The molecule has 0 saturated carbocycles. The lowest BCUT2D eigenvalue weighted by Gasteiger charge is -2.19. The first-order chi connectivity index (χ1) is 9.02. The van der Waals surface area contributed by atoms with Crippen LogP contribution in [0.3, 0.4) is 0 Å². The van der Waals surface area contributed by atoms with E-state index in [4.69, 9.17) is 0 Å². The highest BCUT2D eigenvalue weighted by Gasteiger charge is 2.15. The molecule has 0 N–H and O–H groups in total. The number of hydrogen-bond donors (Lipinski definition) is 0. The average Bonchev–Trinajstić information content (AvgIpc) is 2.83. The van der Waals surface area contributed by atoms with Gasteiger partial charge in [-0.2, -0.15) is 0 Å². The van der Waals surface area contributed by atoms with E-state index in [-0.39, 0.29) is 5.41 Å². The standard InChI is InChI=1S/C15H18N2S2/c1-5-10-18-14-13(19-17-16-14)11-6-8-12(9-7-11)15(2,3)4/h5-9H,1,10H2,2-4H3. The smallest absolute Gasteiger partial charge is 0.131 e. The van der Waals surface area contributed by atoms with Crippen molar-refractivity contribution in [3.63, 3.8) is 0 Å². The third-order valence-electron chi connectivity index (χ3n) is 2.81. The van der Waals surface area contributed by atoms with E-state index >= 15 is 0 Å². The van der Waals surface area contributed by atoms with Crippen LogP contribution in [0.1, 0.15) is 26.3 Å². The zero-order valence-corrected chi connectivity index (χ0v) is 13.1. The first-order valence-corrected chi connectivity index (χ1v) is 7.95. The second kappa shape index (κ2) is 5.88. The Hall–Kier alpha value is -1.13. The van der Waals surface area contributed by atoms with E-state index in [1.54, 1.807) is 11.8 Å². The second-order valence-corrected chi connectivity index (χ2v) is 7.10. The van der Waals surface area contributed by atoms with Crippen LogP contribution in [0.4, 0.5) is 0 Å². The van der Waals surface area contributed by atoms with Crippen LogP contribution in [0.5, 0.6) is 0 Å². The van der Waals surface area contributed by atoms with Gasteiger partial charge in [0.25, 0.3) is 0 Å². The van der Waals surface area contributed by atoms with Crippen molar-refractivity contribution in [3.05, 3.63) is 42.5 Å². The third-order valence-corrected chi connectivity index (χ3v) is 4.67. The van der Waals surface area contributed by atoms with Gasteiger partial charge in [-0.1, -0.05) is 67.4 Å². The maximum Gasteiger partial charge on any atom is 0.139 e. The van der Waals surface area contributed by atoms with Crippen LogP contribution in [-0.2, 0) is 5.41 Å². The lowest BCUT2D eigenvalue weighted by molar-refractivity contribution is 0.590. The number of thioether (sulfide) groups is 1. The Balaban J connectivity index is 2.27. The quantitative estimate of drug-likeness (QED) is 0.598. The highest BCUT2D eigenvalue weighted by molar-refractivity contribution is 7.99. The van der Waals surface area contributed by atoms with Gasteiger partial charge in [0.05, 0.1) is 4.88 Å². The van der Waals surface area contributed by atoms with Crippen LogP contribution in [0.25, 0.3) is 10.4 Å². The van der Waals surface area contributed by atoms with Gasteiger partial charge in [0, 0.05) is 5.75 Å². The maximum absolute atomic E-state index is 4.18. The fraction of sp³-hybridized carbons (Fsp3) is 0.333. The molecule has 0 radical (unpaired) electrons. The molecule has 0 aliphatic carbocycles. The van der Waals surface area contributed by atoms with Crippen molar-refractivity contribution in [3.8, 4) is 10.4 Å². The van der Waals surface area contributed by atoms with Crippen LogP contribution in [0.2, 0.25) is 0 Å². The number of benzene rings is 1. The summed E-state index contributed by atoms with van der Waals surface area (Å²) in [6, 6.07) is 8.70. The predicted molar refractivity (Wildman–Crippen MR) is 85.0 cm³/mol. The van der Waals surface area contributed by atoms with Crippen LogP contribution in [-0.4, -0.2) is 15.3 Å². The molecular formula is C15H18N2S2. The minimum absolute atomic E-state index is 0.185. The van der Waals surface area contributed by atoms with Crippen LogP contribution >= 0.6 is 23.3 Å². The fourth-order valence-electron chi connectivity index (χ4n) is 1.71. The molecule has 0 unspecified atom stereocenters. The molecule has 0 fully saturated rings. The molecule has 100 valence electrons. The largest absolute Gasteiger partial charge is 0.139 e. The Kier molecular flexibility index (Phi) is 4.42. The van der Waals surface area contributed by atoms with Crippen molar-refractivity contribution in [2.24, 2.45) is 0 Å². The normalized spacial score (nSPS) is 11.5. The van der Waals surface area contributed by atoms with E-state index in [1.165, 1.54) is 22.7 Å². The van der Waals surface area contributed by atoms with Crippen molar-refractivity contribution < 1.29 is 0 Å². The Bertz CT molecular complexity index is 550. The Labute approximate surface area is 123 Å². The molecule has 0 aliphatic rings. The van der Waals surface area contributed by atoms with Gasteiger partial charge in [-0.3, -0.25) is 0 Å². The van der Waals surface area contributed by atoms with Gasteiger partial charge in [-0.05, 0) is 28.1 Å². The SMILES string of the molecule is C=CCSc1nnsc1-c1ccc(C(C)(C)C)cc1. The van der Waals surface area contributed by atoms with Gasteiger partial charge in [-0.15, -0.1) is 11.7 Å². The van der Waals surface area contributed by atoms with Crippen molar-refractivity contribution in [1.29, 1.82) is 0 Å². The lowest BCUT2D eigenvalue weighted by atomic mass is 9.87. The molecule has 2 aromatic rings. The highest BCUT2D eigenvalue weighted by atomic mass is 32.2. The van der Waals surface area contributed by atoms with Gasteiger partial charge < -0.3 is 0 Å². The first kappa shape index (κ1) is 14.3. The van der Waals surface area contributed by atoms with Gasteiger partial charge in [0.2, 0.25) is 0 Å². The first-order valence-electron chi connectivity index (χ1n) is 6.19. The summed E-state index contributed by atoms with van der Waals surface area (Å²) in [7, 11) is 0. The Morgan fingerprint density at radius 3 is 2.53 bits per heavy atom. The molecule has 19 heavy (non-hydrogen) atoms. The Morgan fingerprint density at radius 1 is 1.26 bits per heavy atom. The summed E-state index contributed by atoms with van der Waals surface area (Å²) >= 11 is 3.13. The zero-order valence-electron chi connectivity index (χ0n) is 11.5. The fourth-order valence-corrected chi connectivity index (χ4v) is 3.24. The molecule has 0 bridgehead atoms. The van der Waals surface area contributed by atoms with Crippen LogP contribution < -0.4 is 0 Å². The monoisotopic (exact) mass is 290 g/mol. The van der Waals surface area contributed by atoms with Crippen LogP contribution in [0, 0.1) is 0 Å². The summed E-state index contributed by atoms with van der Waals surface area (Å²) in [5, 5.41) is 5.18. The molecule has 0 saturated heterocycles. The summed E-state index contributed by atoms with van der Waals surface area (Å²) in [5.41, 5.74) is 2.72. The number of hydrogen-bond acceptors (Lipinski definition) is 4. The van der Waals surface area contributed by atoms with Crippen LogP contribution in [0.15, 0.2) is 41.9 Å². The summed E-state index contributed by atoms with van der Waals surface area (Å²) in [5.74, 6) is 0.860. The van der Waals surface area contributed by atoms with Crippen molar-refractivity contribution in [1.82, 2.24) is 9.59 Å². The zero-order chi connectivity index (χ0) is 13.9. The summed E-state index contributed by atoms with van der Waals surface area (Å²) in [6.45, 7) is 10.4. The number of nitrogens with zero attached hydrogens (tertiary/aromatic N) is 2. The maximum atomic E-state index is 4.18. The summed E-state index contributed by atoms with van der Waals surface area (Å²) < 4.78 is 4.06. The molecule has 1 aromatic heterocycles. The molecule has 0 aliphatic heterocycles. The minimum Gasteiger partial charge on any atom is -0.131 e. The Morgan fingerprint density at radius 2 is 1.95 bits per heavy atom. The van der Waals surface area contributed by atoms with Gasteiger partial charge in [-0.25, -0.2) is 0 Å². The van der Waals surface area contributed by atoms with E-state index < -0.39 is 0 Å². The molecule has 2 nitrogen and oxygen atoms in total. The van der Waals surface area contributed by atoms with Crippen molar-refractivity contribution in [2.45, 2.75) is 31.2 Å². The van der Waals surface area contributed by atoms with Gasteiger partial charge >= 0.3 is 0 Å². The van der Waals surface area contributed by atoms with E-state index in [2.05, 4.69) is 61.2 Å². The van der Waals surface area contributed by atoms with Gasteiger partial charge in [0.1, 0.15) is 5.03 Å². The molecular weight excluding hydrogens is 272 g/mol. The predicted octanol–water partition coefficient (Wildman–Crippen LogP) is 4.78. The van der Waals surface area contributed by atoms with Gasteiger partial charge in [0.15, 0.2) is 0 Å². The van der Waals surface area contributed by atoms with E-state index in [0.717, 1.165) is 15.7 Å². The lowest BCUT2D eigenvalue weighted by Crippen LogP contribution is -2.10. The minimum atomic E-state index is 0.185. The molecule has 1 aromatic carbocycles. The number of aromatic nitrogens is 2. The highest BCUT2D eigenvalue weighted by Crippen LogP contribution is 2.34. The van der Waals surface area contributed by atoms with E-state index in [0.29, 0.717) is 0 Å². The third kappa shape index (κ3) is 3.45. The number of rotatable bonds is 4. The molecule has 0 amide bonds. The molecule has 1 heterocycles. The topological polar surface area (TPSA) is 25.8 Å². The summed E-state index contributed by atoms with van der Waals surface area (Å²) in [4.78, 5) is 1.15. The van der Waals surface area contributed by atoms with Crippen molar-refractivity contribution >= 4 is 23.3 Å². The van der Waals surface area contributed by atoms with E-state index in [1.807, 2.05) is 6.08 Å². The second-order valence-electron chi connectivity index (χ2n) is 5.33. The molecule has 0 atom stereocenters. The molecule has 2 rings (SSSR count). The van der Waals surface area contributed by atoms with Crippen molar-refractivity contribution in [2.75, 3.05) is 5.75 Å². The van der Waals surface area contributed by atoms with E-state index in [9.17, 15) is 0 Å². The molecule has 0 spiro atoms. The molecule has 4 heteroatoms.